The number of nitrogens with one attached hydrogen (secondary N) is 1. The largest absolute Gasteiger partial charge is 0.325 e. The molecule has 1 aliphatic rings. The van der Waals surface area contributed by atoms with Crippen LogP contribution in [0.2, 0.25) is 0 Å². The molecular weight excluding hydrogens is 376 g/mol. The molecule has 3 aromatic rings. The first-order valence-electron chi connectivity index (χ1n) is 8.82. The Morgan fingerprint density at radius 3 is 2.74 bits per heavy atom. The summed E-state index contributed by atoms with van der Waals surface area (Å²) in [5.74, 6) is 1.71. The number of carbonyl (C=O) groups excluding carboxylic acids is 1. The smallest absolute Gasteiger partial charge is 0.234 e. The lowest BCUT2D eigenvalue weighted by atomic mass is 10.3. The molecule has 0 radical (unpaired) electrons. The Balaban J connectivity index is 1.43. The van der Waals surface area contributed by atoms with Crippen LogP contribution < -0.4 is 5.32 Å². The summed E-state index contributed by atoms with van der Waals surface area (Å²) in [7, 11) is 0. The van der Waals surface area contributed by atoms with Gasteiger partial charge in [0.1, 0.15) is 5.82 Å². The van der Waals surface area contributed by atoms with Gasteiger partial charge in [-0.15, -0.1) is 16.9 Å². The van der Waals surface area contributed by atoms with Crippen molar-refractivity contribution in [3.8, 4) is 5.69 Å². The van der Waals surface area contributed by atoms with Gasteiger partial charge in [-0.1, -0.05) is 36.0 Å². The molecule has 1 heterocycles. The summed E-state index contributed by atoms with van der Waals surface area (Å²) >= 11 is 3.02. The number of benzene rings is 2. The Bertz CT molecular complexity index is 938. The molecule has 2 aromatic carbocycles. The van der Waals surface area contributed by atoms with Gasteiger partial charge in [-0.05, 0) is 49.4 Å². The summed E-state index contributed by atoms with van der Waals surface area (Å²) in [6.07, 6.45) is 4.33. The van der Waals surface area contributed by atoms with Crippen LogP contribution in [-0.4, -0.2) is 32.7 Å². The van der Waals surface area contributed by atoms with Crippen molar-refractivity contribution in [3.63, 3.8) is 0 Å². The highest BCUT2D eigenvalue weighted by molar-refractivity contribution is 7.99. The Kier molecular flexibility index (Phi) is 5.50. The van der Waals surface area contributed by atoms with Gasteiger partial charge >= 0.3 is 0 Å². The molecule has 138 valence electrons. The third-order valence-corrected chi connectivity index (χ3v) is 5.80. The highest BCUT2D eigenvalue weighted by Crippen LogP contribution is 2.40. The number of carbonyl (C=O) groups is 1. The van der Waals surface area contributed by atoms with Gasteiger partial charge in [0.05, 0.1) is 11.4 Å². The van der Waals surface area contributed by atoms with E-state index >= 15 is 0 Å². The van der Waals surface area contributed by atoms with Crippen molar-refractivity contribution in [2.75, 3.05) is 17.3 Å². The number of nitrogens with zero attached hydrogens (tertiary/aromatic N) is 3. The molecule has 1 amide bonds. The molecule has 0 unspecified atom stereocenters. The number of amides is 1. The van der Waals surface area contributed by atoms with E-state index in [1.807, 2.05) is 65.5 Å². The predicted octanol–water partition coefficient (Wildman–Crippen LogP) is 4.60. The minimum absolute atomic E-state index is 0.0534. The lowest BCUT2D eigenvalue weighted by Crippen LogP contribution is -2.14. The maximum Gasteiger partial charge on any atom is 0.234 e. The lowest BCUT2D eigenvalue weighted by molar-refractivity contribution is -0.113. The molecule has 4 rings (SSSR count). The number of aromatic nitrogens is 3. The average molecular weight is 397 g/mol. The van der Waals surface area contributed by atoms with Crippen LogP contribution in [0.3, 0.4) is 0 Å². The highest BCUT2D eigenvalue weighted by Gasteiger charge is 2.30. The van der Waals surface area contributed by atoms with Crippen molar-refractivity contribution >= 4 is 35.1 Å². The van der Waals surface area contributed by atoms with Gasteiger partial charge in [-0.25, -0.2) is 9.67 Å². The minimum atomic E-state index is -0.0534. The fourth-order valence-corrected chi connectivity index (χ4v) is 3.85. The van der Waals surface area contributed by atoms with E-state index < -0.39 is 0 Å². The first-order valence-corrected chi connectivity index (χ1v) is 11.0. The van der Waals surface area contributed by atoms with Gasteiger partial charge in [0.25, 0.3) is 0 Å². The molecule has 0 atom stereocenters. The van der Waals surface area contributed by atoms with Crippen LogP contribution in [0.5, 0.6) is 0 Å². The first kappa shape index (κ1) is 18.1. The van der Waals surface area contributed by atoms with E-state index in [0.29, 0.717) is 11.1 Å². The monoisotopic (exact) mass is 396 g/mol. The van der Waals surface area contributed by atoms with E-state index in [1.165, 1.54) is 11.8 Å². The molecule has 0 bridgehead atoms. The van der Waals surface area contributed by atoms with Crippen molar-refractivity contribution in [2.45, 2.75) is 28.8 Å². The number of thioether (sulfide) groups is 2. The normalized spacial score (nSPS) is 13.5. The highest BCUT2D eigenvalue weighted by atomic mass is 32.2. The van der Waals surface area contributed by atoms with Crippen LogP contribution >= 0.6 is 23.5 Å². The zero-order valence-corrected chi connectivity index (χ0v) is 16.6. The van der Waals surface area contributed by atoms with E-state index in [2.05, 4.69) is 15.4 Å². The molecule has 0 spiro atoms. The van der Waals surface area contributed by atoms with E-state index in [-0.39, 0.29) is 11.7 Å². The van der Waals surface area contributed by atoms with Crippen LogP contribution in [-0.2, 0) is 4.79 Å². The first-order chi connectivity index (χ1) is 13.2. The number of anilines is 1. The van der Waals surface area contributed by atoms with Crippen LogP contribution in [0.1, 0.15) is 24.6 Å². The number of para-hydroxylation sites is 1. The maximum atomic E-state index is 12.3. The topological polar surface area (TPSA) is 59.8 Å². The molecule has 7 heteroatoms. The second kappa shape index (κ2) is 8.19. The Labute approximate surface area is 167 Å². The molecular formula is C20H20N4OS2. The summed E-state index contributed by atoms with van der Waals surface area (Å²) < 4.78 is 1.92. The summed E-state index contributed by atoms with van der Waals surface area (Å²) in [6.45, 7) is 0. The molecule has 5 nitrogen and oxygen atoms in total. The third-order valence-electron chi connectivity index (χ3n) is 4.24. The second-order valence-electron chi connectivity index (χ2n) is 6.34. The summed E-state index contributed by atoms with van der Waals surface area (Å²) in [6, 6.07) is 17.9. The van der Waals surface area contributed by atoms with E-state index in [4.69, 9.17) is 0 Å². The molecule has 0 saturated heterocycles. The number of rotatable bonds is 7. The predicted molar refractivity (Wildman–Crippen MR) is 111 cm³/mol. The van der Waals surface area contributed by atoms with Crippen molar-refractivity contribution in [1.82, 2.24) is 14.8 Å². The average Bonchev–Trinajstić information content (AvgIpc) is 3.46. The standard InChI is InChI=1S/C20H20N4OS2/c1-26-17-9-5-6-15(12-17)21-18(25)13-27-20-22-19(14-10-11-14)24(23-20)16-7-3-2-4-8-16/h2-9,12,14H,10-11,13H2,1H3,(H,21,25). The van der Waals surface area contributed by atoms with Crippen molar-refractivity contribution < 1.29 is 4.79 Å². The number of hydrogen-bond donors (Lipinski definition) is 1. The van der Waals surface area contributed by atoms with Gasteiger partial charge in [0.15, 0.2) is 0 Å². The molecule has 27 heavy (non-hydrogen) atoms. The van der Waals surface area contributed by atoms with Gasteiger partial charge in [-0.2, -0.15) is 0 Å². The SMILES string of the molecule is CSc1cccc(NC(=O)CSc2nc(C3CC3)n(-c3ccccc3)n2)c1. The van der Waals surface area contributed by atoms with E-state index in [0.717, 1.165) is 34.9 Å². The molecule has 1 fully saturated rings. The number of hydrogen-bond acceptors (Lipinski definition) is 5. The maximum absolute atomic E-state index is 12.3. The summed E-state index contributed by atoms with van der Waals surface area (Å²) in [5.41, 5.74) is 1.82. The zero-order valence-electron chi connectivity index (χ0n) is 15.0. The molecule has 1 N–H and O–H groups in total. The van der Waals surface area contributed by atoms with Crippen molar-refractivity contribution in [3.05, 3.63) is 60.4 Å². The fourth-order valence-electron chi connectivity index (χ4n) is 2.76. The van der Waals surface area contributed by atoms with E-state index in [1.54, 1.807) is 11.8 Å². The summed E-state index contributed by atoms with van der Waals surface area (Å²) in [5, 5.41) is 8.22. The molecule has 1 aliphatic carbocycles. The van der Waals surface area contributed by atoms with Crippen molar-refractivity contribution in [1.29, 1.82) is 0 Å². The van der Waals surface area contributed by atoms with Gasteiger partial charge in [-0.3, -0.25) is 4.79 Å². The third kappa shape index (κ3) is 4.54. The van der Waals surface area contributed by atoms with Crippen molar-refractivity contribution in [2.24, 2.45) is 0 Å². The second-order valence-corrected chi connectivity index (χ2v) is 8.17. The van der Waals surface area contributed by atoms with Crippen LogP contribution in [0.15, 0.2) is 64.6 Å². The zero-order chi connectivity index (χ0) is 18.6. The van der Waals surface area contributed by atoms with Gasteiger partial charge in [0, 0.05) is 16.5 Å². The van der Waals surface area contributed by atoms with Crippen LogP contribution in [0.25, 0.3) is 5.69 Å². The molecule has 1 saturated carbocycles. The fraction of sp³-hybridized carbons (Fsp3) is 0.250. The summed E-state index contributed by atoms with van der Waals surface area (Å²) in [4.78, 5) is 18.1. The van der Waals surface area contributed by atoms with E-state index in [9.17, 15) is 4.79 Å². The molecule has 0 aliphatic heterocycles. The Morgan fingerprint density at radius 2 is 2.00 bits per heavy atom. The lowest BCUT2D eigenvalue weighted by Gasteiger charge is -2.05. The quantitative estimate of drug-likeness (QED) is 0.592. The Morgan fingerprint density at radius 1 is 1.19 bits per heavy atom. The van der Waals surface area contributed by atoms with Gasteiger partial charge < -0.3 is 5.32 Å². The van der Waals surface area contributed by atoms with Crippen LogP contribution in [0, 0.1) is 0 Å². The Hall–Kier alpha value is -2.25. The minimum Gasteiger partial charge on any atom is -0.325 e. The van der Waals surface area contributed by atoms with Crippen LogP contribution in [0.4, 0.5) is 5.69 Å². The van der Waals surface area contributed by atoms with Gasteiger partial charge in [0.2, 0.25) is 11.1 Å². The molecule has 1 aromatic heterocycles.